The topological polar surface area (TPSA) is 158 Å². The number of rotatable bonds is 13. The molecule has 1 fully saturated rings. The van der Waals surface area contributed by atoms with Gasteiger partial charge in [-0.1, -0.05) is 35.9 Å². The van der Waals surface area contributed by atoms with Crippen molar-refractivity contribution >= 4 is 51.6 Å². The molecule has 1 amide bonds. The lowest BCUT2D eigenvalue weighted by Gasteiger charge is -2.30. The average Bonchev–Trinajstić information content (AvgIpc) is 3.53. The van der Waals surface area contributed by atoms with E-state index in [0.29, 0.717) is 41.4 Å². The number of carbonyl (C=O) groups excluding carboxylic acids is 1. The van der Waals surface area contributed by atoms with Gasteiger partial charge in [0.1, 0.15) is 5.52 Å². The Labute approximate surface area is 326 Å². The third-order valence-electron chi connectivity index (χ3n) is 11.3. The first kappa shape index (κ1) is 38.4. The molecule has 4 heterocycles. The zero-order valence-corrected chi connectivity index (χ0v) is 32.4. The van der Waals surface area contributed by atoms with Gasteiger partial charge in [-0.25, -0.2) is 9.97 Å². The van der Waals surface area contributed by atoms with E-state index in [1.54, 1.807) is 12.3 Å². The second kappa shape index (κ2) is 16.9. The van der Waals surface area contributed by atoms with E-state index in [0.717, 1.165) is 102 Å². The smallest absolute Gasteiger partial charge is 0.306 e. The summed E-state index contributed by atoms with van der Waals surface area (Å²) in [5.41, 5.74) is 7.76. The highest BCUT2D eigenvalue weighted by Crippen LogP contribution is 2.39. The van der Waals surface area contributed by atoms with Gasteiger partial charge in [0.05, 0.1) is 28.9 Å². The second-order valence-corrected chi connectivity index (χ2v) is 15.4. The highest BCUT2D eigenvalue weighted by Gasteiger charge is 2.29. The van der Waals surface area contributed by atoms with Crippen molar-refractivity contribution in [1.29, 1.82) is 0 Å². The third-order valence-corrected chi connectivity index (χ3v) is 11.7. The molecule has 0 bridgehead atoms. The number of anilines is 3. The molecule has 7 rings (SSSR count). The SMILES string of the molecule is Cc1c(Nc2nccc3cc(CNC(C)CO)cnc23)cccc1-c1cccc(NC(=O)c2nc3c(n2C)CCN(CCC2CCC(C(=O)O)CC2)C3)c1Cl. The maximum absolute atomic E-state index is 13.7. The molecule has 1 saturated carbocycles. The Bertz CT molecular complexity index is 2200. The summed E-state index contributed by atoms with van der Waals surface area (Å²) >= 11 is 7.05. The molecule has 0 spiro atoms. The summed E-state index contributed by atoms with van der Waals surface area (Å²) in [4.78, 5) is 41.6. The molecule has 55 heavy (non-hydrogen) atoms. The fourth-order valence-corrected chi connectivity index (χ4v) is 8.17. The molecule has 288 valence electrons. The zero-order chi connectivity index (χ0) is 38.6. The van der Waals surface area contributed by atoms with E-state index in [-0.39, 0.29) is 24.5 Å². The number of pyridine rings is 2. The number of aliphatic carboxylic acids is 1. The summed E-state index contributed by atoms with van der Waals surface area (Å²) in [6, 6.07) is 15.6. The minimum absolute atomic E-state index is 0.00796. The van der Waals surface area contributed by atoms with Crippen molar-refractivity contribution in [1.82, 2.24) is 29.7 Å². The summed E-state index contributed by atoms with van der Waals surface area (Å²) in [5, 5.41) is 29.9. The van der Waals surface area contributed by atoms with Crippen LogP contribution >= 0.6 is 11.6 Å². The summed E-state index contributed by atoms with van der Waals surface area (Å²) in [7, 11) is 1.90. The Hall–Kier alpha value is -4.88. The van der Waals surface area contributed by atoms with Crippen molar-refractivity contribution in [3.63, 3.8) is 0 Å². The van der Waals surface area contributed by atoms with E-state index in [1.165, 1.54) is 0 Å². The first-order valence-corrected chi connectivity index (χ1v) is 19.5. The van der Waals surface area contributed by atoms with Gasteiger partial charge in [0.25, 0.3) is 5.91 Å². The largest absolute Gasteiger partial charge is 0.481 e. The number of fused-ring (bicyclic) bond motifs is 2. The third kappa shape index (κ3) is 8.52. The monoisotopic (exact) mass is 764 g/mol. The molecule has 0 saturated heterocycles. The highest BCUT2D eigenvalue weighted by atomic mass is 35.5. The number of nitrogens with zero attached hydrogens (tertiary/aromatic N) is 5. The number of carbonyl (C=O) groups is 2. The number of benzene rings is 2. The van der Waals surface area contributed by atoms with Crippen molar-refractivity contribution in [3.8, 4) is 11.1 Å². The van der Waals surface area contributed by atoms with Crippen molar-refractivity contribution in [2.24, 2.45) is 18.9 Å². The number of aliphatic hydroxyl groups excluding tert-OH is 1. The average molecular weight is 765 g/mol. The lowest BCUT2D eigenvalue weighted by molar-refractivity contribution is -0.143. The number of hydrogen-bond donors (Lipinski definition) is 5. The second-order valence-electron chi connectivity index (χ2n) is 15.0. The van der Waals surface area contributed by atoms with Gasteiger partial charge in [-0.15, -0.1) is 0 Å². The fourth-order valence-electron chi connectivity index (χ4n) is 7.89. The Morgan fingerprint density at radius 1 is 1.04 bits per heavy atom. The van der Waals surface area contributed by atoms with E-state index in [9.17, 15) is 19.8 Å². The van der Waals surface area contributed by atoms with Crippen LogP contribution in [0.3, 0.4) is 0 Å². The number of aromatic nitrogens is 4. The predicted molar refractivity (Wildman–Crippen MR) is 216 cm³/mol. The van der Waals surface area contributed by atoms with Crippen LogP contribution in [0.5, 0.6) is 0 Å². The Morgan fingerprint density at radius 3 is 2.56 bits per heavy atom. The molecule has 1 aliphatic heterocycles. The van der Waals surface area contributed by atoms with Crippen LogP contribution in [-0.2, 0) is 31.4 Å². The first-order valence-electron chi connectivity index (χ1n) is 19.1. The van der Waals surface area contributed by atoms with Crippen molar-refractivity contribution in [2.45, 2.75) is 71.5 Å². The van der Waals surface area contributed by atoms with E-state index in [4.69, 9.17) is 21.6 Å². The van der Waals surface area contributed by atoms with Gasteiger partial charge in [-0.3, -0.25) is 19.5 Å². The Balaban J connectivity index is 1.03. The fraction of sp³-hybridized carbons (Fsp3) is 0.405. The Kier molecular flexibility index (Phi) is 11.8. The number of halogens is 1. The first-order chi connectivity index (χ1) is 26.6. The summed E-state index contributed by atoms with van der Waals surface area (Å²) in [6.07, 6.45) is 8.94. The lowest BCUT2D eigenvalue weighted by atomic mass is 9.80. The van der Waals surface area contributed by atoms with Gasteiger partial charge in [0.15, 0.2) is 11.6 Å². The molecular weight excluding hydrogens is 716 g/mol. The predicted octanol–water partition coefficient (Wildman–Crippen LogP) is 7.10. The maximum Gasteiger partial charge on any atom is 0.306 e. The molecule has 2 aromatic carbocycles. The number of aliphatic hydroxyl groups is 1. The quantitative estimate of drug-likeness (QED) is 0.0838. The van der Waals surface area contributed by atoms with Crippen LogP contribution in [0, 0.1) is 18.8 Å². The number of hydrogen-bond acceptors (Lipinski definition) is 9. The van der Waals surface area contributed by atoms with Crippen LogP contribution in [0.2, 0.25) is 5.02 Å². The van der Waals surface area contributed by atoms with Gasteiger partial charge >= 0.3 is 5.97 Å². The van der Waals surface area contributed by atoms with Gasteiger partial charge < -0.3 is 30.7 Å². The lowest BCUT2D eigenvalue weighted by Crippen LogP contribution is -2.33. The number of carboxylic acids is 1. The molecule has 3 aromatic heterocycles. The van der Waals surface area contributed by atoms with Crippen LogP contribution in [0.4, 0.5) is 17.2 Å². The normalized spacial score (nSPS) is 17.8. The standard InChI is InChI=1S/C42H49ClN8O4/c1-25(24-52)45-21-28-20-30-14-17-44-39(38(30)46-22-28)47-33-8-4-6-31(26(33)2)32-7-5-9-34(37(32)43)49-41(53)40-48-35-23-51(19-16-36(35)50(40)3)18-15-27-10-12-29(13-11-27)42(54)55/h4-9,14,17,20,22,25,27,29,45,52H,10-13,15-16,18-19,21,23-24H2,1-3H3,(H,44,47)(H,49,53)(H,54,55). The van der Waals surface area contributed by atoms with Crippen LogP contribution in [0.15, 0.2) is 60.9 Å². The number of imidazole rings is 1. The zero-order valence-electron chi connectivity index (χ0n) is 31.6. The molecule has 1 aliphatic carbocycles. The molecule has 1 unspecified atom stereocenters. The molecule has 2 aliphatic rings. The molecular formula is C42H49ClN8O4. The number of nitrogens with one attached hydrogen (secondary N) is 3. The van der Waals surface area contributed by atoms with Gasteiger partial charge in [0.2, 0.25) is 0 Å². The maximum atomic E-state index is 13.7. The minimum atomic E-state index is -0.663. The van der Waals surface area contributed by atoms with Crippen LogP contribution in [0.1, 0.15) is 72.2 Å². The molecule has 1 atom stereocenters. The van der Waals surface area contributed by atoms with Crippen LogP contribution in [-0.4, -0.2) is 72.2 Å². The van der Waals surface area contributed by atoms with Gasteiger partial charge in [0, 0.05) is 73.9 Å². The van der Waals surface area contributed by atoms with Crippen molar-refractivity contribution in [2.75, 3.05) is 30.3 Å². The van der Waals surface area contributed by atoms with Crippen LogP contribution in [0.25, 0.3) is 22.0 Å². The molecule has 5 aromatic rings. The van der Waals surface area contributed by atoms with E-state index >= 15 is 0 Å². The number of amides is 1. The Morgan fingerprint density at radius 2 is 1.80 bits per heavy atom. The van der Waals surface area contributed by atoms with E-state index < -0.39 is 5.97 Å². The highest BCUT2D eigenvalue weighted by molar-refractivity contribution is 6.36. The molecule has 13 heteroatoms. The molecule has 0 radical (unpaired) electrons. The summed E-state index contributed by atoms with van der Waals surface area (Å²) in [6.45, 7) is 7.15. The van der Waals surface area contributed by atoms with Gasteiger partial charge in [-0.05, 0) is 99.4 Å². The number of carboxylic acid groups (broad SMARTS) is 1. The van der Waals surface area contributed by atoms with Crippen molar-refractivity contribution < 1.29 is 19.8 Å². The van der Waals surface area contributed by atoms with Crippen molar-refractivity contribution in [3.05, 3.63) is 94.3 Å². The van der Waals surface area contributed by atoms with E-state index in [2.05, 4.69) is 31.9 Å². The molecule has 12 nitrogen and oxygen atoms in total. The van der Waals surface area contributed by atoms with Crippen LogP contribution < -0.4 is 16.0 Å². The summed E-state index contributed by atoms with van der Waals surface area (Å²) < 4.78 is 1.90. The van der Waals surface area contributed by atoms with E-state index in [1.807, 2.05) is 68.1 Å². The molecule has 5 N–H and O–H groups in total. The minimum Gasteiger partial charge on any atom is -0.481 e. The van der Waals surface area contributed by atoms with Gasteiger partial charge in [-0.2, -0.15) is 0 Å². The summed E-state index contributed by atoms with van der Waals surface area (Å²) in [5.74, 6) is 0.375.